The number of anilines is 1. The van der Waals surface area contributed by atoms with Crippen LogP contribution in [0.25, 0.3) is 0 Å². The van der Waals surface area contributed by atoms with Crippen LogP contribution in [-0.4, -0.2) is 25.9 Å². The summed E-state index contributed by atoms with van der Waals surface area (Å²) >= 11 is 0. The molecule has 1 aromatic heterocycles. The van der Waals surface area contributed by atoms with Gasteiger partial charge >= 0.3 is 0 Å². The SMILES string of the molecule is NNc1ccncc1S(=O)(=O)NCCCC(N)=O. The standard InChI is InChI=1S/C9H15N5O3S/c10-9(15)2-1-4-13-18(16,17)8-6-12-5-3-7(8)14-11/h3,5-6,13H,1-2,4,11H2,(H2,10,15)(H,12,14). The number of hydrogen-bond acceptors (Lipinski definition) is 6. The number of aromatic nitrogens is 1. The van der Waals surface area contributed by atoms with Gasteiger partial charge in [0.1, 0.15) is 4.90 Å². The molecule has 0 spiro atoms. The van der Waals surface area contributed by atoms with Gasteiger partial charge in [-0.25, -0.2) is 13.1 Å². The molecule has 0 aliphatic rings. The third-order valence-electron chi connectivity index (χ3n) is 2.12. The van der Waals surface area contributed by atoms with Crippen LogP contribution in [0.3, 0.4) is 0 Å². The van der Waals surface area contributed by atoms with Gasteiger partial charge in [-0.1, -0.05) is 0 Å². The van der Waals surface area contributed by atoms with Crippen LogP contribution >= 0.6 is 0 Å². The van der Waals surface area contributed by atoms with Gasteiger partial charge in [0.25, 0.3) is 0 Å². The predicted octanol–water partition coefficient (Wildman–Crippen LogP) is -1.09. The van der Waals surface area contributed by atoms with Crippen molar-refractivity contribution in [2.75, 3.05) is 12.0 Å². The zero-order valence-electron chi connectivity index (χ0n) is 9.59. The smallest absolute Gasteiger partial charge is 0.244 e. The molecule has 1 rings (SSSR count). The summed E-state index contributed by atoms with van der Waals surface area (Å²) in [4.78, 5) is 14.2. The van der Waals surface area contributed by atoms with E-state index in [0.29, 0.717) is 6.42 Å². The van der Waals surface area contributed by atoms with E-state index in [1.807, 2.05) is 0 Å². The number of primary amides is 1. The Labute approximate surface area is 105 Å². The Bertz CT molecular complexity index is 517. The van der Waals surface area contributed by atoms with Gasteiger partial charge in [-0.3, -0.25) is 15.6 Å². The fourth-order valence-electron chi connectivity index (χ4n) is 1.26. The summed E-state index contributed by atoms with van der Waals surface area (Å²) in [6, 6.07) is 1.44. The Kier molecular flexibility index (Phi) is 5.01. The molecule has 0 radical (unpaired) electrons. The number of sulfonamides is 1. The number of hydrazine groups is 1. The molecule has 1 amide bonds. The summed E-state index contributed by atoms with van der Waals surface area (Å²) < 4.78 is 26.1. The highest BCUT2D eigenvalue weighted by atomic mass is 32.2. The van der Waals surface area contributed by atoms with Gasteiger partial charge in [0.15, 0.2) is 0 Å². The number of amides is 1. The maximum atomic E-state index is 11.9. The average molecular weight is 273 g/mol. The van der Waals surface area contributed by atoms with Crippen molar-refractivity contribution < 1.29 is 13.2 Å². The molecule has 0 aliphatic carbocycles. The molecule has 1 heterocycles. The van der Waals surface area contributed by atoms with Crippen molar-refractivity contribution in [3.05, 3.63) is 18.5 Å². The second-order valence-corrected chi connectivity index (χ2v) is 5.22. The van der Waals surface area contributed by atoms with Gasteiger partial charge in [0, 0.05) is 25.4 Å². The lowest BCUT2D eigenvalue weighted by molar-refractivity contribution is -0.118. The predicted molar refractivity (Wildman–Crippen MR) is 65.7 cm³/mol. The number of nitrogens with zero attached hydrogens (tertiary/aromatic N) is 1. The maximum Gasteiger partial charge on any atom is 0.244 e. The molecule has 1 aromatic rings. The summed E-state index contributed by atoms with van der Waals surface area (Å²) in [5.41, 5.74) is 7.47. The van der Waals surface area contributed by atoms with Crippen LogP contribution in [-0.2, 0) is 14.8 Å². The zero-order valence-corrected chi connectivity index (χ0v) is 10.4. The van der Waals surface area contributed by atoms with E-state index >= 15 is 0 Å². The Morgan fingerprint density at radius 2 is 2.17 bits per heavy atom. The van der Waals surface area contributed by atoms with Crippen LogP contribution in [0.5, 0.6) is 0 Å². The number of nitrogens with two attached hydrogens (primary N) is 2. The van der Waals surface area contributed by atoms with Crippen molar-refractivity contribution in [2.45, 2.75) is 17.7 Å². The molecular weight excluding hydrogens is 258 g/mol. The summed E-state index contributed by atoms with van der Waals surface area (Å²) in [5.74, 6) is 4.74. The monoisotopic (exact) mass is 273 g/mol. The molecule has 0 saturated heterocycles. The lowest BCUT2D eigenvalue weighted by Crippen LogP contribution is -2.27. The lowest BCUT2D eigenvalue weighted by Gasteiger charge is -2.09. The van der Waals surface area contributed by atoms with Crippen molar-refractivity contribution >= 4 is 21.6 Å². The highest BCUT2D eigenvalue weighted by molar-refractivity contribution is 7.89. The normalized spacial score (nSPS) is 11.2. The number of hydrogen-bond donors (Lipinski definition) is 4. The number of rotatable bonds is 7. The molecule has 0 atom stereocenters. The zero-order chi connectivity index (χ0) is 13.6. The molecule has 100 valence electrons. The van der Waals surface area contributed by atoms with Crippen LogP contribution in [0.15, 0.2) is 23.4 Å². The van der Waals surface area contributed by atoms with Gasteiger partial charge in [-0.15, -0.1) is 0 Å². The van der Waals surface area contributed by atoms with E-state index in [0.717, 1.165) is 0 Å². The molecule has 0 aromatic carbocycles. The quantitative estimate of drug-likeness (QED) is 0.283. The van der Waals surface area contributed by atoms with Crippen LogP contribution in [0.2, 0.25) is 0 Å². The molecule has 9 heteroatoms. The van der Waals surface area contributed by atoms with Gasteiger partial charge in [-0.05, 0) is 12.5 Å². The minimum Gasteiger partial charge on any atom is -0.370 e. The van der Waals surface area contributed by atoms with Gasteiger partial charge in [-0.2, -0.15) is 0 Å². The highest BCUT2D eigenvalue weighted by Crippen LogP contribution is 2.17. The van der Waals surface area contributed by atoms with E-state index in [4.69, 9.17) is 11.6 Å². The van der Waals surface area contributed by atoms with Gasteiger partial charge < -0.3 is 11.2 Å². The first-order chi connectivity index (χ1) is 8.47. The minimum absolute atomic E-state index is 0.0495. The summed E-state index contributed by atoms with van der Waals surface area (Å²) in [7, 11) is -3.71. The van der Waals surface area contributed by atoms with Crippen molar-refractivity contribution in [1.82, 2.24) is 9.71 Å². The highest BCUT2D eigenvalue weighted by Gasteiger charge is 2.17. The number of pyridine rings is 1. The lowest BCUT2D eigenvalue weighted by atomic mass is 10.3. The van der Waals surface area contributed by atoms with E-state index < -0.39 is 15.9 Å². The Hall–Kier alpha value is -1.71. The van der Waals surface area contributed by atoms with Crippen molar-refractivity contribution in [1.29, 1.82) is 0 Å². The topological polar surface area (TPSA) is 140 Å². The van der Waals surface area contributed by atoms with Crippen molar-refractivity contribution in [3.63, 3.8) is 0 Å². The van der Waals surface area contributed by atoms with Gasteiger partial charge in [0.05, 0.1) is 5.69 Å². The van der Waals surface area contributed by atoms with Crippen molar-refractivity contribution in [3.8, 4) is 0 Å². The number of carbonyl (C=O) groups excluding carboxylic acids is 1. The van der Waals surface area contributed by atoms with Crippen LogP contribution in [0.4, 0.5) is 5.69 Å². The fourth-order valence-corrected chi connectivity index (χ4v) is 2.44. The molecule has 6 N–H and O–H groups in total. The Morgan fingerprint density at radius 3 is 2.78 bits per heavy atom. The first-order valence-corrected chi connectivity index (χ1v) is 6.64. The second-order valence-electron chi connectivity index (χ2n) is 3.48. The maximum absolute atomic E-state index is 11.9. The summed E-state index contributed by atoms with van der Waals surface area (Å²) in [5, 5.41) is 0. The Morgan fingerprint density at radius 1 is 1.44 bits per heavy atom. The first kappa shape index (κ1) is 14.4. The van der Waals surface area contributed by atoms with Crippen molar-refractivity contribution in [2.24, 2.45) is 11.6 Å². The number of nitrogens with one attached hydrogen (secondary N) is 2. The molecule has 18 heavy (non-hydrogen) atoms. The van der Waals surface area contributed by atoms with E-state index in [-0.39, 0.29) is 23.5 Å². The third kappa shape index (κ3) is 3.95. The second kappa shape index (κ2) is 6.28. The molecule has 0 bridgehead atoms. The number of carbonyl (C=O) groups is 1. The summed E-state index contributed by atoms with van der Waals surface area (Å²) in [6.07, 6.45) is 3.06. The largest absolute Gasteiger partial charge is 0.370 e. The van der Waals surface area contributed by atoms with E-state index in [1.54, 1.807) is 0 Å². The fraction of sp³-hybridized carbons (Fsp3) is 0.333. The van der Waals surface area contributed by atoms with Gasteiger partial charge in [0.2, 0.25) is 15.9 Å². The first-order valence-electron chi connectivity index (χ1n) is 5.16. The molecular formula is C9H15N5O3S. The van der Waals surface area contributed by atoms with Crippen LogP contribution in [0.1, 0.15) is 12.8 Å². The van der Waals surface area contributed by atoms with E-state index in [1.165, 1.54) is 18.5 Å². The van der Waals surface area contributed by atoms with Crippen LogP contribution in [0, 0.1) is 0 Å². The molecule has 0 unspecified atom stereocenters. The molecule has 8 nitrogen and oxygen atoms in total. The third-order valence-corrected chi connectivity index (χ3v) is 3.61. The summed E-state index contributed by atoms with van der Waals surface area (Å²) in [6.45, 7) is 0.115. The van der Waals surface area contributed by atoms with E-state index in [9.17, 15) is 13.2 Å². The Balaban J connectivity index is 2.71. The van der Waals surface area contributed by atoms with E-state index in [2.05, 4.69) is 15.1 Å². The average Bonchev–Trinajstić information content (AvgIpc) is 2.34. The molecule has 0 saturated carbocycles. The van der Waals surface area contributed by atoms with Crippen LogP contribution < -0.4 is 21.7 Å². The molecule has 0 aliphatic heterocycles. The minimum atomic E-state index is -3.71. The number of nitrogen functional groups attached to an aromatic ring is 1. The molecule has 0 fully saturated rings.